The second-order valence-electron chi connectivity index (χ2n) is 8.45. The van der Waals surface area contributed by atoms with Gasteiger partial charge in [-0.1, -0.05) is 11.6 Å². The molecule has 1 aliphatic heterocycles. The first-order valence-corrected chi connectivity index (χ1v) is 11.9. The molecule has 4 rings (SSSR count). The zero-order chi connectivity index (χ0) is 28.0. The number of nitrogens with zero attached hydrogens (tertiary/aromatic N) is 3. The van der Waals surface area contributed by atoms with Crippen molar-refractivity contribution in [3.05, 3.63) is 86.6 Å². The van der Waals surface area contributed by atoms with Gasteiger partial charge in [0.25, 0.3) is 5.56 Å². The van der Waals surface area contributed by atoms with E-state index in [0.717, 1.165) is 12.1 Å². The predicted octanol–water partition coefficient (Wildman–Crippen LogP) is 3.44. The molecule has 1 saturated heterocycles. The number of primary amides is 1. The lowest BCUT2D eigenvalue weighted by molar-refractivity contribution is -0.117. The van der Waals surface area contributed by atoms with Gasteiger partial charge in [-0.15, -0.1) is 0 Å². The molecular formula is C26H27ClF2N4O5. The van der Waals surface area contributed by atoms with Gasteiger partial charge in [0.15, 0.2) is 0 Å². The lowest BCUT2D eigenvalue weighted by Gasteiger charge is -2.19. The van der Waals surface area contributed by atoms with Crippen molar-refractivity contribution in [2.45, 2.75) is 25.8 Å². The smallest absolute Gasteiger partial charge is 0.277 e. The standard InChI is InChI=1S/C19H21F2N3O4.C7H6ClNO/c1-11-18(19(26)23(10-22-11)4-5-27-2)24-9-12(6-16(24)25)17-14(20)7-13(28-3)8-15(17)21;8-6-3-1-5(2-4-6)7(9)10/h7-8,10,12H,4-6,9H2,1-3H3;1-4H,(H2,9,10). The molecule has 1 aliphatic rings. The van der Waals surface area contributed by atoms with Gasteiger partial charge in [-0.2, -0.15) is 0 Å². The number of aryl methyl sites for hydroxylation is 1. The lowest BCUT2D eigenvalue weighted by atomic mass is 9.97. The molecule has 0 aliphatic carbocycles. The largest absolute Gasteiger partial charge is 0.497 e. The number of amides is 2. The minimum Gasteiger partial charge on any atom is -0.497 e. The van der Waals surface area contributed by atoms with E-state index in [2.05, 4.69) is 4.98 Å². The van der Waals surface area contributed by atoms with E-state index in [1.165, 1.54) is 30.0 Å². The summed E-state index contributed by atoms with van der Waals surface area (Å²) in [5.41, 5.74) is 5.38. The SMILES string of the molecule is COCCn1cnc(C)c(N2CC(c3c(F)cc(OC)cc3F)CC2=O)c1=O.NC(=O)c1ccc(Cl)cc1. The van der Waals surface area contributed by atoms with E-state index in [4.69, 9.17) is 26.8 Å². The summed E-state index contributed by atoms with van der Waals surface area (Å²) in [6.45, 7) is 2.20. The zero-order valence-electron chi connectivity index (χ0n) is 21.0. The van der Waals surface area contributed by atoms with Gasteiger partial charge in [0.1, 0.15) is 23.1 Å². The summed E-state index contributed by atoms with van der Waals surface area (Å²) in [7, 11) is 2.83. The number of hydrogen-bond acceptors (Lipinski definition) is 6. The van der Waals surface area contributed by atoms with Gasteiger partial charge in [-0.25, -0.2) is 13.8 Å². The van der Waals surface area contributed by atoms with Crippen LogP contribution in [0.5, 0.6) is 5.75 Å². The summed E-state index contributed by atoms with van der Waals surface area (Å²) in [6.07, 6.45) is 1.28. The lowest BCUT2D eigenvalue weighted by Crippen LogP contribution is -2.35. The first kappa shape index (κ1) is 28.7. The predicted molar refractivity (Wildman–Crippen MR) is 138 cm³/mol. The monoisotopic (exact) mass is 548 g/mol. The van der Waals surface area contributed by atoms with Gasteiger partial charge in [-0.05, 0) is 31.2 Å². The van der Waals surface area contributed by atoms with Gasteiger partial charge in [0.05, 0.1) is 32.3 Å². The van der Waals surface area contributed by atoms with Crippen molar-refractivity contribution in [3.8, 4) is 5.75 Å². The van der Waals surface area contributed by atoms with Gasteiger partial charge in [-0.3, -0.25) is 19.0 Å². The van der Waals surface area contributed by atoms with Crippen LogP contribution in [0.1, 0.15) is 34.0 Å². The highest BCUT2D eigenvalue weighted by Crippen LogP contribution is 2.35. The van der Waals surface area contributed by atoms with Crippen LogP contribution < -0.4 is 20.9 Å². The van der Waals surface area contributed by atoms with Crippen molar-refractivity contribution in [1.29, 1.82) is 0 Å². The number of benzene rings is 2. The minimum atomic E-state index is -0.781. The Kier molecular flexibility index (Phi) is 9.54. The fourth-order valence-electron chi connectivity index (χ4n) is 4.02. The summed E-state index contributed by atoms with van der Waals surface area (Å²) >= 11 is 5.56. The van der Waals surface area contributed by atoms with Crippen molar-refractivity contribution in [2.24, 2.45) is 5.73 Å². The Morgan fingerprint density at radius 1 is 1.16 bits per heavy atom. The van der Waals surface area contributed by atoms with Gasteiger partial charge < -0.3 is 20.1 Å². The molecule has 12 heteroatoms. The molecule has 0 bridgehead atoms. The second kappa shape index (κ2) is 12.6. The van der Waals surface area contributed by atoms with Crippen molar-refractivity contribution < 1.29 is 27.8 Å². The molecule has 0 radical (unpaired) electrons. The maximum atomic E-state index is 14.4. The highest BCUT2D eigenvalue weighted by atomic mass is 35.5. The van der Waals surface area contributed by atoms with Crippen LogP contribution in [0.4, 0.5) is 14.5 Å². The molecule has 1 aromatic heterocycles. The Balaban J connectivity index is 0.000000336. The quantitative estimate of drug-likeness (QED) is 0.483. The number of methoxy groups -OCH3 is 2. The van der Waals surface area contributed by atoms with Gasteiger partial charge in [0, 0.05) is 54.3 Å². The Morgan fingerprint density at radius 2 is 1.79 bits per heavy atom. The molecule has 3 aromatic rings. The molecule has 2 N–H and O–H groups in total. The maximum absolute atomic E-state index is 14.4. The highest BCUT2D eigenvalue weighted by Gasteiger charge is 2.37. The van der Waals surface area contributed by atoms with Gasteiger partial charge in [0.2, 0.25) is 11.8 Å². The van der Waals surface area contributed by atoms with Crippen LogP contribution >= 0.6 is 11.6 Å². The van der Waals surface area contributed by atoms with Crippen LogP contribution in [0, 0.1) is 18.6 Å². The fourth-order valence-corrected chi connectivity index (χ4v) is 4.15. The number of aromatic nitrogens is 2. The molecular weight excluding hydrogens is 522 g/mol. The van der Waals surface area contributed by atoms with Crippen molar-refractivity contribution in [1.82, 2.24) is 9.55 Å². The van der Waals surface area contributed by atoms with E-state index in [0.29, 0.717) is 22.9 Å². The minimum absolute atomic E-state index is 0.00888. The number of carbonyl (C=O) groups is 2. The molecule has 9 nitrogen and oxygen atoms in total. The number of carbonyl (C=O) groups excluding carboxylic acids is 2. The molecule has 0 spiro atoms. The molecule has 2 heterocycles. The van der Waals surface area contributed by atoms with Gasteiger partial charge >= 0.3 is 0 Å². The van der Waals surface area contributed by atoms with E-state index < -0.39 is 29.0 Å². The number of hydrogen-bond donors (Lipinski definition) is 1. The number of nitrogens with two attached hydrogens (primary N) is 1. The fraction of sp³-hybridized carbons (Fsp3) is 0.308. The Labute approximate surface area is 222 Å². The number of ether oxygens (including phenoxy) is 2. The molecule has 202 valence electrons. The third-order valence-corrected chi connectivity index (χ3v) is 6.21. The topological polar surface area (TPSA) is 117 Å². The van der Waals surface area contributed by atoms with Crippen LogP contribution in [-0.2, 0) is 16.1 Å². The van der Waals surface area contributed by atoms with E-state index in [1.807, 2.05) is 0 Å². The summed E-state index contributed by atoms with van der Waals surface area (Å²) in [4.78, 5) is 41.3. The van der Waals surface area contributed by atoms with Crippen molar-refractivity contribution in [3.63, 3.8) is 0 Å². The summed E-state index contributed by atoms with van der Waals surface area (Å²) in [6, 6.07) is 8.59. The Hall–Kier alpha value is -3.83. The Bertz CT molecular complexity index is 1360. The average molecular weight is 549 g/mol. The Morgan fingerprint density at radius 3 is 2.34 bits per heavy atom. The van der Waals surface area contributed by atoms with Crippen LogP contribution in [-0.4, -0.2) is 48.7 Å². The first-order valence-electron chi connectivity index (χ1n) is 11.5. The summed E-state index contributed by atoms with van der Waals surface area (Å²) in [5, 5.41) is 0.602. The summed E-state index contributed by atoms with van der Waals surface area (Å²) < 4.78 is 40.0. The molecule has 38 heavy (non-hydrogen) atoms. The number of rotatable bonds is 7. The van der Waals surface area contributed by atoms with E-state index in [-0.39, 0.29) is 42.4 Å². The first-order chi connectivity index (χ1) is 18.1. The van der Waals surface area contributed by atoms with E-state index >= 15 is 0 Å². The van der Waals surface area contributed by atoms with Crippen LogP contribution in [0.2, 0.25) is 5.02 Å². The normalized spacial score (nSPS) is 14.7. The van der Waals surface area contributed by atoms with E-state index in [9.17, 15) is 23.2 Å². The molecule has 1 unspecified atom stereocenters. The summed E-state index contributed by atoms with van der Waals surface area (Å²) in [5.74, 6) is -3.04. The molecule has 1 atom stereocenters. The molecule has 0 saturated carbocycles. The van der Waals surface area contributed by atoms with Crippen LogP contribution in [0.25, 0.3) is 0 Å². The number of halogens is 3. The van der Waals surface area contributed by atoms with Crippen LogP contribution in [0.15, 0.2) is 47.5 Å². The zero-order valence-corrected chi connectivity index (χ0v) is 21.8. The number of anilines is 1. The van der Waals surface area contributed by atoms with Crippen molar-refractivity contribution >= 4 is 29.1 Å². The average Bonchev–Trinajstić information content (AvgIpc) is 3.24. The highest BCUT2D eigenvalue weighted by molar-refractivity contribution is 6.30. The molecule has 1 fully saturated rings. The second-order valence-corrected chi connectivity index (χ2v) is 8.89. The van der Waals surface area contributed by atoms with Crippen molar-refractivity contribution in [2.75, 3.05) is 32.3 Å². The molecule has 2 aromatic carbocycles. The third-order valence-electron chi connectivity index (χ3n) is 5.95. The van der Waals surface area contributed by atoms with E-state index in [1.54, 1.807) is 31.2 Å². The molecule has 2 amide bonds. The van der Waals surface area contributed by atoms with Crippen LogP contribution in [0.3, 0.4) is 0 Å². The maximum Gasteiger partial charge on any atom is 0.277 e. The third kappa shape index (κ3) is 6.53.